The molecule has 6 rings (SSSR count). The number of nitrogens with one attached hydrogen (secondary N) is 1. The van der Waals surface area contributed by atoms with Crippen molar-refractivity contribution >= 4 is 69.5 Å². The lowest BCUT2D eigenvalue weighted by atomic mass is 9.83. The third-order valence-electron chi connectivity index (χ3n) is 8.12. The number of ether oxygens (including phenoxy) is 1. The molecule has 0 aliphatic carbocycles. The van der Waals surface area contributed by atoms with E-state index in [0.29, 0.717) is 21.2 Å². The third-order valence-corrected chi connectivity index (χ3v) is 10.7. The number of esters is 1. The van der Waals surface area contributed by atoms with Gasteiger partial charge in [-0.15, -0.1) is 0 Å². The minimum Gasteiger partial charge on any atom is -0.462 e. The van der Waals surface area contributed by atoms with Crippen LogP contribution in [0.1, 0.15) is 33.6 Å². The van der Waals surface area contributed by atoms with Crippen LogP contribution in [0.4, 0.5) is 22.7 Å². The molecule has 3 amide bonds. The molecule has 1 aromatic heterocycles. The van der Waals surface area contributed by atoms with Crippen LogP contribution in [0.15, 0.2) is 82.6 Å². The average molecular weight is 688 g/mol. The van der Waals surface area contributed by atoms with E-state index in [1.165, 1.54) is 41.0 Å². The minimum atomic E-state index is -0.919. The number of nitro groups is 1. The second-order valence-corrected chi connectivity index (χ2v) is 13.4. The first-order valence-corrected chi connectivity index (χ1v) is 16.5. The molecule has 1 fully saturated rings. The molecule has 0 spiro atoms. The largest absolute Gasteiger partial charge is 0.462 e. The maximum atomic E-state index is 14.1. The first kappa shape index (κ1) is 32.7. The highest BCUT2D eigenvalue weighted by molar-refractivity contribution is 8.00. The zero-order valence-electron chi connectivity index (χ0n) is 25.9. The summed E-state index contributed by atoms with van der Waals surface area (Å²) in [6.07, 6.45) is 0. The first-order chi connectivity index (χ1) is 23.0. The zero-order valence-corrected chi connectivity index (χ0v) is 27.6. The van der Waals surface area contributed by atoms with Crippen molar-refractivity contribution in [2.45, 2.75) is 29.7 Å². The molecule has 3 aromatic carbocycles. The normalized spacial score (nSPS) is 18.2. The van der Waals surface area contributed by atoms with Gasteiger partial charge < -0.3 is 15.0 Å². The van der Waals surface area contributed by atoms with E-state index in [2.05, 4.69) is 5.32 Å². The number of non-ortho nitro benzene ring substituents is 1. The fraction of sp³-hybridized carbons (Fsp3) is 0.242. The standard InChI is InChI=1S/C33H29N5O8S2/c1-4-46-32(42)19-5-9-20(10-6-19)34-24(39)17-36-31-28(48-33(36)43)25(18-7-11-21(12-8-18)35(2)3)26-27(47-31)30(41)37(29(26)40)22-13-15-23(16-14-22)38(44)45/h5-16,25-27H,4,17H2,1-3H3,(H,34,39). The first-order valence-electron chi connectivity index (χ1n) is 14.8. The number of rotatable bonds is 9. The molecule has 0 bridgehead atoms. The van der Waals surface area contributed by atoms with Crippen molar-refractivity contribution in [1.82, 2.24) is 4.57 Å². The highest BCUT2D eigenvalue weighted by atomic mass is 32.2. The molecule has 15 heteroatoms. The number of amides is 3. The fourth-order valence-corrected chi connectivity index (χ4v) is 8.59. The molecule has 0 saturated carbocycles. The maximum absolute atomic E-state index is 14.1. The van der Waals surface area contributed by atoms with Gasteiger partial charge >= 0.3 is 10.8 Å². The van der Waals surface area contributed by atoms with Gasteiger partial charge in [-0.25, -0.2) is 9.69 Å². The van der Waals surface area contributed by atoms with E-state index in [-0.39, 0.29) is 24.5 Å². The van der Waals surface area contributed by atoms with Gasteiger partial charge in [0.2, 0.25) is 17.7 Å². The summed E-state index contributed by atoms with van der Waals surface area (Å²) < 4.78 is 6.31. The van der Waals surface area contributed by atoms with E-state index < -0.39 is 50.6 Å². The van der Waals surface area contributed by atoms with Crippen LogP contribution in [-0.4, -0.2) is 59.1 Å². The van der Waals surface area contributed by atoms with Crippen molar-refractivity contribution in [1.29, 1.82) is 0 Å². The molecule has 3 unspecified atom stereocenters. The van der Waals surface area contributed by atoms with Crippen molar-refractivity contribution < 1.29 is 28.8 Å². The smallest absolute Gasteiger partial charge is 0.338 e. The predicted molar refractivity (Wildman–Crippen MR) is 181 cm³/mol. The quantitative estimate of drug-likeness (QED) is 0.115. The molecule has 0 radical (unpaired) electrons. The third kappa shape index (κ3) is 5.97. The number of anilines is 3. The number of nitro benzene ring substituents is 1. The van der Waals surface area contributed by atoms with Gasteiger partial charge in [-0.1, -0.05) is 35.2 Å². The molecule has 4 aromatic rings. The predicted octanol–water partition coefficient (Wildman–Crippen LogP) is 4.50. The summed E-state index contributed by atoms with van der Waals surface area (Å²) in [6.45, 7) is 1.58. The van der Waals surface area contributed by atoms with Gasteiger partial charge in [0.1, 0.15) is 11.8 Å². The number of nitrogens with zero attached hydrogens (tertiary/aromatic N) is 4. The number of benzene rings is 3. The molecular formula is C33H29N5O8S2. The maximum Gasteiger partial charge on any atom is 0.338 e. The Morgan fingerprint density at radius 1 is 0.958 bits per heavy atom. The molecule has 3 atom stereocenters. The summed E-state index contributed by atoms with van der Waals surface area (Å²) in [5, 5.41) is 13.4. The van der Waals surface area contributed by atoms with E-state index in [1.807, 2.05) is 43.3 Å². The van der Waals surface area contributed by atoms with Crippen LogP contribution in [0.3, 0.4) is 0 Å². The Hall–Kier alpha value is -5.28. The molecule has 2 aliphatic heterocycles. The summed E-state index contributed by atoms with van der Waals surface area (Å²) in [6, 6.07) is 18.9. The SMILES string of the molecule is CCOC(=O)c1ccc(NC(=O)Cn2c3c(sc2=O)C(c2ccc(N(C)C)cc2)C2C(=O)N(c4ccc([N+](=O)[O-])cc4)C(=O)C2S3)cc1. The summed E-state index contributed by atoms with van der Waals surface area (Å²) in [5.74, 6) is -3.51. The summed E-state index contributed by atoms with van der Waals surface area (Å²) in [4.78, 5) is 80.4. The number of thioether (sulfide) groups is 1. The number of hydrogen-bond donors (Lipinski definition) is 1. The number of aromatic nitrogens is 1. The van der Waals surface area contributed by atoms with Gasteiger partial charge in [0.25, 0.3) is 5.69 Å². The molecule has 246 valence electrons. The summed E-state index contributed by atoms with van der Waals surface area (Å²) >= 11 is 2.00. The van der Waals surface area contributed by atoms with Crippen molar-refractivity contribution in [2.24, 2.45) is 5.92 Å². The second kappa shape index (κ2) is 13.1. The molecule has 13 nitrogen and oxygen atoms in total. The van der Waals surface area contributed by atoms with E-state index in [9.17, 15) is 34.1 Å². The highest BCUT2D eigenvalue weighted by Crippen LogP contribution is 2.54. The van der Waals surface area contributed by atoms with E-state index in [4.69, 9.17) is 4.74 Å². The Labute approximate surface area is 282 Å². The molecule has 1 N–H and O–H groups in total. The molecule has 3 heterocycles. The Bertz CT molecular complexity index is 1990. The van der Waals surface area contributed by atoms with Gasteiger partial charge in [0.05, 0.1) is 33.7 Å². The summed E-state index contributed by atoms with van der Waals surface area (Å²) in [5.41, 5.74) is 2.41. The van der Waals surface area contributed by atoms with Crippen molar-refractivity contribution in [3.8, 4) is 0 Å². The monoisotopic (exact) mass is 687 g/mol. The van der Waals surface area contributed by atoms with E-state index >= 15 is 0 Å². The topological polar surface area (TPSA) is 161 Å². The van der Waals surface area contributed by atoms with Crippen LogP contribution < -0.4 is 20.0 Å². The van der Waals surface area contributed by atoms with Crippen molar-refractivity contribution in [2.75, 3.05) is 35.8 Å². The lowest BCUT2D eigenvalue weighted by Crippen LogP contribution is -2.33. The molecule has 2 aliphatic rings. The average Bonchev–Trinajstić information content (AvgIpc) is 3.51. The lowest BCUT2D eigenvalue weighted by Gasteiger charge is -2.31. The number of carbonyl (C=O) groups excluding carboxylic acids is 4. The van der Waals surface area contributed by atoms with Gasteiger partial charge in [-0.2, -0.15) is 0 Å². The number of fused-ring (bicyclic) bond motifs is 2. The molecule has 48 heavy (non-hydrogen) atoms. The Morgan fingerprint density at radius 2 is 1.62 bits per heavy atom. The van der Waals surface area contributed by atoms with Crippen molar-refractivity contribution in [3.63, 3.8) is 0 Å². The Kier molecular flexibility index (Phi) is 8.90. The number of thiazole rings is 1. The van der Waals surface area contributed by atoms with Crippen LogP contribution in [0.2, 0.25) is 0 Å². The van der Waals surface area contributed by atoms with E-state index in [0.717, 1.165) is 39.2 Å². The van der Waals surface area contributed by atoms with Crippen LogP contribution in [-0.2, 0) is 25.7 Å². The number of hydrogen-bond acceptors (Lipinski definition) is 11. The van der Waals surface area contributed by atoms with Gasteiger partial charge in [-0.05, 0) is 61.0 Å². The molecular weight excluding hydrogens is 659 g/mol. The van der Waals surface area contributed by atoms with Gasteiger partial charge in [0, 0.05) is 48.4 Å². The van der Waals surface area contributed by atoms with Gasteiger partial charge in [-0.3, -0.25) is 33.9 Å². The fourth-order valence-electron chi connectivity index (χ4n) is 5.82. The number of carbonyl (C=O) groups is 4. The Morgan fingerprint density at radius 3 is 2.23 bits per heavy atom. The Balaban J connectivity index is 1.34. The minimum absolute atomic E-state index is 0.178. The molecule has 1 saturated heterocycles. The van der Waals surface area contributed by atoms with Crippen LogP contribution >= 0.6 is 23.1 Å². The van der Waals surface area contributed by atoms with E-state index in [1.54, 1.807) is 19.1 Å². The van der Waals surface area contributed by atoms with Crippen LogP contribution in [0.5, 0.6) is 0 Å². The van der Waals surface area contributed by atoms with Crippen molar-refractivity contribution in [3.05, 3.63) is 109 Å². The van der Waals surface area contributed by atoms with Crippen LogP contribution in [0, 0.1) is 16.0 Å². The number of imide groups is 1. The van der Waals surface area contributed by atoms with Gasteiger partial charge in [0.15, 0.2) is 0 Å². The van der Waals surface area contributed by atoms with Crippen LogP contribution in [0.25, 0.3) is 0 Å². The highest BCUT2D eigenvalue weighted by Gasteiger charge is 2.56. The zero-order chi connectivity index (χ0) is 34.3. The lowest BCUT2D eigenvalue weighted by molar-refractivity contribution is -0.384. The summed E-state index contributed by atoms with van der Waals surface area (Å²) in [7, 11) is 3.79. The second-order valence-electron chi connectivity index (χ2n) is 11.3.